The number of amides is 1. The van der Waals surface area contributed by atoms with Gasteiger partial charge in [0, 0.05) is 33.3 Å². The maximum absolute atomic E-state index is 12.1. The molecule has 0 fully saturated rings. The van der Waals surface area contributed by atoms with Crippen molar-refractivity contribution in [2.75, 3.05) is 27.7 Å². The number of aryl methyl sites for hydroxylation is 1. The average Bonchev–Trinajstić information content (AvgIpc) is 3.06. The molecule has 0 saturated carbocycles. The summed E-state index contributed by atoms with van der Waals surface area (Å²) in [6, 6.07) is 11.7. The fourth-order valence-corrected chi connectivity index (χ4v) is 2.60. The first-order chi connectivity index (χ1) is 12.4. The van der Waals surface area contributed by atoms with Gasteiger partial charge in [-0.2, -0.15) is 0 Å². The van der Waals surface area contributed by atoms with Crippen molar-refractivity contribution >= 4 is 35.8 Å². The third kappa shape index (κ3) is 6.89. The Balaban J connectivity index is 0.00000364. The van der Waals surface area contributed by atoms with Gasteiger partial charge >= 0.3 is 0 Å². The van der Waals surface area contributed by atoms with Gasteiger partial charge in [-0.3, -0.25) is 9.79 Å². The van der Waals surface area contributed by atoms with Crippen LogP contribution in [0.5, 0.6) is 0 Å². The minimum Gasteiger partial charge on any atom is -0.464 e. The first kappa shape index (κ1) is 23.0. The number of halogens is 1. The molecule has 27 heavy (non-hydrogen) atoms. The van der Waals surface area contributed by atoms with Gasteiger partial charge in [0.1, 0.15) is 11.5 Å². The van der Waals surface area contributed by atoms with Crippen molar-refractivity contribution < 1.29 is 9.21 Å². The van der Waals surface area contributed by atoms with Crippen LogP contribution in [0.15, 0.2) is 45.8 Å². The summed E-state index contributed by atoms with van der Waals surface area (Å²) in [5.74, 6) is 2.50. The molecule has 148 valence electrons. The van der Waals surface area contributed by atoms with Crippen molar-refractivity contribution in [1.82, 2.24) is 15.5 Å². The molecule has 0 bridgehead atoms. The Morgan fingerprint density at radius 1 is 1.26 bits per heavy atom. The van der Waals surface area contributed by atoms with E-state index in [4.69, 9.17) is 4.42 Å². The monoisotopic (exact) mass is 484 g/mol. The van der Waals surface area contributed by atoms with Gasteiger partial charge in [-0.1, -0.05) is 12.1 Å². The lowest BCUT2D eigenvalue weighted by Crippen LogP contribution is -2.39. The van der Waals surface area contributed by atoms with E-state index in [-0.39, 0.29) is 35.9 Å². The lowest BCUT2D eigenvalue weighted by molar-refractivity contribution is 0.0827. The van der Waals surface area contributed by atoms with Gasteiger partial charge in [0.05, 0.1) is 6.04 Å². The standard InChI is InChI=1S/C20H28N4O2.HI/c1-14-9-10-18(26-14)15(2)23-20(21-3)22-12-11-16-7-6-8-17(13-16)19(25)24(4)5;/h6-10,13,15H,11-12H2,1-5H3,(H2,21,22,23);1H. The molecule has 2 aromatic rings. The summed E-state index contributed by atoms with van der Waals surface area (Å²) in [7, 11) is 5.26. The SMILES string of the molecule is CN=C(NCCc1cccc(C(=O)N(C)C)c1)NC(C)c1ccc(C)o1.I. The Morgan fingerprint density at radius 3 is 2.59 bits per heavy atom. The third-order valence-corrected chi connectivity index (χ3v) is 4.05. The van der Waals surface area contributed by atoms with Gasteiger partial charge in [0.15, 0.2) is 5.96 Å². The summed E-state index contributed by atoms with van der Waals surface area (Å²) < 4.78 is 5.64. The topological polar surface area (TPSA) is 69.9 Å². The summed E-state index contributed by atoms with van der Waals surface area (Å²) >= 11 is 0. The predicted octanol–water partition coefficient (Wildman–Crippen LogP) is 3.38. The second kappa shape index (κ2) is 11.0. The highest BCUT2D eigenvalue weighted by Crippen LogP contribution is 2.15. The van der Waals surface area contributed by atoms with E-state index in [1.54, 1.807) is 26.0 Å². The van der Waals surface area contributed by atoms with Crippen LogP contribution in [0.4, 0.5) is 0 Å². The molecule has 2 rings (SSSR count). The zero-order valence-electron chi connectivity index (χ0n) is 16.6. The number of carbonyl (C=O) groups excluding carboxylic acids is 1. The summed E-state index contributed by atoms with van der Waals surface area (Å²) in [6.45, 7) is 4.67. The van der Waals surface area contributed by atoms with Gasteiger partial charge in [0.2, 0.25) is 0 Å². The van der Waals surface area contributed by atoms with Gasteiger partial charge in [-0.25, -0.2) is 0 Å². The van der Waals surface area contributed by atoms with E-state index < -0.39 is 0 Å². The lowest BCUT2D eigenvalue weighted by atomic mass is 10.1. The van der Waals surface area contributed by atoms with Crippen LogP contribution in [0.2, 0.25) is 0 Å². The number of guanidine groups is 1. The van der Waals surface area contributed by atoms with E-state index in [2.05, 4.69) is 15.6 Å². The van der Waals surface area contributed by atoms with Gasteiger partial charge in [0.25, 0.3) is 5.91 Å². The van der Waals surface area contributed by atoms with E-state index in [9.17, 15) is 4.79 Å². The molecule has 0 saturated heterocycles. The maximum Gasteiger partial charge on any atom is 0.253 e. The molecular weight excluding hydrogens is 455 g/mol. The van der Waals surface area contributed by atoms with Crippen LogP contribution in [-0.2, 0) is 6.42 Å². The number of rotatable bonds is 6. The van der Waals surface area contributed by atoms with E-state index in [0.717, 1.165) is 23.5 Å². The molecule has 0 spiro atoms. The second-order valence-corrected chi connectivity index (χ2v) is 6.46. The van der Waals surface area contributed by atoms with Crippen LogP contribution in [-0.4, -0.2) is 44.5 Å². The first-order valence-corrected chi connectivity index (χ1v) is 8.75. The minimum absolute atomic E-state index is 0. The van der Waals surface area contributed by atoms with Gasteiger partial charge in [-0.05, 0) is 50.1 Å². The van der Waals surface area contributed by atoms with Crippen LogP contribution in [0.3, 0.4) is 0 Å². The second-order valence-electron chi connectivity index (χ2n) is 6.46. The van der Waals surface area contributed by atoms with Crippen LogP contribution in [0.25, 0.3) is 0 Å². The molecule has 1 atom stereocenters. The molecule has 6 nitrogen and oxygen atoms in total. The molecule has 1 unspecified atom stereocenters. The van der Waals surface area contributed by atoms with Gasteiger partial charge < -0.3 is 20.0 Å². The molecule has 7 heteroatoms. The highest BCUT2D eigenvalue weighted by atomic mass is 127. The highest BCUT2D eigenvalue weighted by molar-refractivity contribution is 14.0. The number of hydrogen-bond acceptors (Lipinski definition) is 3. The molecular formula is C20H29IN4O2. The molecule has 2 N–H and O–H groups in total. The molecule has 1 aromatic heterocycles. The first-order valence-electron chi connectivity index (χ1n) is 8.75. The Bertz CT molecular complexity index is 771. The number of nitrogens with zero attached hydrogens (tertiary/aromatic N) is 2. The van der Waals surface area contributed by atoms with Crippen molar-refractivity contribution in [1.29, 1.82) is 0 Å². The third-order valence-electron chi connectivity index (χ3n) is 4.05. The highest BCUT2D eigenvalue weighted by Gasteiger charge is 2.11. The zero-order valence-corrected chi connectivity index (χ0v) is 18.9. The maximum atomic E-state index is 12.1. The quantitative estimate of drug-likeness (QED) is 0.375. The molecule has 1 amide bonds. The van der Waals surface area contributed by atoms with Crippen LogP contribution in [0.1, 0.15) is 40.4 Å². The molecule has 0 radical (unpaired) electrons. The van der Waals surface area contributed by atoms with Crippen molar-refractivity contribution in [2.24, 2.45) is 4.99 Å². The number of nitrogens with one attached hydrogen (secondary N) is 2. The summed E-state index contributed by atoms with van der Waals surface area (Å²) in [5, 5.41) is 6.61. The van der Waals surface area contributed by atoms with Crippen LogP contribution in [0, 0.1) is 6.92 Å². The van der Waals surface area contributed by atoms with Crippen molar-refractivity contribution in [3.63, 3.8) is 0 Å². The van der Waals surface area contributed by atoms with E-state index in [0.29, 0.717) is 18.1 Å². The summed E-state index contributed by atoms with van der Waals surface area (Å²) in [5.41, 5.74) is 1.81. The number of hydrogen-bond donors (Lipinski definition) is 2. The minimum atomic E-state index is 0. The van der Waals surface area contributed by atoms with E-state index >= 15 is 0 Å². The zero-order chi connectivity index (χ0) is 19.1. The normalized spacial score (nSPS) is 12.1. The van der Waals surface area contributed by atoms with E-state index in [1.807, 2.05) is 50.2 Å². The van der Waals surface area contributed by atoms with Crippen LogP contribution < -0.4 is 10.6 Å². The Morgan fingerprint density at radius 2 is 2.00 bits per heavy atom. The summed E-state index contributed by atoms with van der Waals surface area (Å²) in [6.07, 6.45) is 0.795. The van der Waals surface area contributed by atoms with Gasteiger partial charge in [-0.15, -0.1) is 24.0 Å². The smallest absolute Gasteiger partial charge is 0.253 e. The summed E-state index contributed by atoms with van der Waals surface area (Å²) in [4.78, 5) is 17.9. The Hall–Kier alpha value is -2.03. The van der Waals surface area contributed by atoms with E-state index in [1.165, 1.54) is 0 Å². The molecule has 1 aromatic carbocycles. The fourth-order valence-electron chi connectivity index (χ4n) is 2.60. The number of benzene rings is 1. The predicted molar refractivity (Wildman–Crippen MR) is 120 cm³/mol. The van der Waals surface area contributed by atoms with Crippen molar-refractivity contribution in [3.05, 3.63) is 59.0 Å². The number of aliphatic imine (C=N–C) groups is 1. The van der Waals surface area contributed by atoms with Crippen LogP contribution >= 0.6 is 24.0 Å². The molecule has 0 aliphatic rings. The molecule has 1 heterocycles. The lowest BCUT2D eigenvalue weighted by Gasteiger charge is -2.16. The number of furan rings is 1. The number of carbonyl (C=O) groups is 1. The molecule has 0 aliphatic heterocycles. The molecule has 0 aliphatic carbocycles. The Labute approximate surface area is 178 Å². The largest absolute Gasteiger partial charge is 0.464 e. The van der Waals surface area contributed by atoms with Crippen molar-refractivity contribution in [2.45, 2.75) is 26.3 Å². The van der Waals surface area contributed by atoms with Crippen molar-refractivity contribution in [3.8, 4) is 0 Å². The average molecular weight is 484 g/mol. The Kier molecular flexibility index (Phi) is 9.34. The fraction of sp³-hybridized carbons (Fsp3) is 0.400.